The van der Waals surface area contributed by atoms with Gasteiger partial charge >= 0.3 is 15.6 Å². The second-order valence-corrected chi connectivity index (χ2v) is 8.77. The highest BCUT2D eigenvalue weighted by Crippen LogP contribution is 2.46. The lowest BCUT2D eigenvalue weighted by Gasteiger charge is -2.21. The number of nitrogens with zero attached hydrogens (tertiary/aromatic N) is 1. The predicted molar refractivity (Wildman–Crippen MR) is 106 cm³/mol. The zero-order valence-electron chi connectivity index (χ0n) is 15.7. The Morgan fingerprint density at radius 3 is 2.37 bits per heavy atom. The van der Waals surface area contributed by atoms with Crippen molar-refractivity contribution in [3.05, 3.63) is 59.7 Å². The standard InChI is InChI=1S/C21H14F3NO4S/c1-11-3-5-17-18(8-11)28-19-9-12(2)7-15-14-10-13(29-30(26,27)21(22,23)24)4-6-16(14)25(17)20(15)19/h3-10H,1-2H3. The zero-order chi connectivity index (χ0) is 21.4. The van der Waals surface area contributed by atoms with E-state index in [1.54, 1.807) is 6.07 Å². The summed E-state index contributed by atoms with van der Waals surface area (Å²) >= 11 is 0. The minimum absolute atomic E-state index is 0.411. The molecule has 0 unspecified atom stereocenters. The number of aryl methyl sites for hydroxylation is 2. The van der Waals surface area contributed by atoms with Crippen LogP contribution in [0.1, 0.15) is 11.1 Å². The van der Waals surface area contributed by atoms with E-state index in [0.717, 1.165) is 27.7 Å². The summed E-state index contributed by atoms with van der Waals surface area (Å²) in [6, 6.07) is 13.6. The number of aromatic nitrogens is 1. The van der Waals surface area contributed by atoms with E-state index in [2.05, 4.69) is 4.18 Å². The molecule has 0 fully saturated rings. The lowest BCUT2D eigenvalue weighted by Crippen LogP contribution is -2.28. The minimum Gasteiger partial charge on any atom is -0.453 e. The van der Waals surface area contributed by atoms with Gasteiger partial charge in [-0.3, -0.25) is 0 Å². The first-order valence-corrected chi connectivity index (χ1v) is 10.3. The van der Waals surface area contributed by atoms with Crippen LogP contribution in [0.2, 0.25) is 0 Å². The van der Waals surface area contributed by atoms with Gasteiger partial charge in [0.05, 0.1) is 16.7 Å². The number of hydrogen-bond acceptors (Lipinski definition) is 4. The molecule has 1 aromatic heterocycles. The van der Waals surface area contributed by atoms with Gasteiger partial charge in [-0.05, 0) is 67.4 Å². The van der Waals surface area contributed by atoms with Gasteiger partial charge in [-0.1, -0.05) is 6.07 Å². The van der Waals surface area contributed by atoms with Gasteiger partial charge in [-0.15, -0.1) is 0 Å². The number of alkyl halides is 3. The average Bonchev–Trinajstić information content (AvgIpc) is 2.95. The molecule has 0 N–H and O–H groups in total. The number of ether oxygens (including phenoxy) is 1. The molecule has 1 aliphatic heterocycles. The zero-order valence-corrected chi connectivity index (χ0v) is 16.6. The van der Waals surface area contributed by atoms with Crippen LogP contribution in [0.3, 0.4) is 0 Å². The van der Waals surface area contributed by atoms with Crippen molar-refractivity contribution in [3.63, 3.8) is 0 Å². The fourth-order valence-corrected chi connectivity index (χ4v) is 4.24. The third kappa shape index (κ3) is 2.65. The number of fused-ring (bicyclic) bond motifs is 5. The summed E-state index contributed by atoms with van der Waals surface area (Å²) in [4.78, 5) is 0. The summed E-state index contributed by atoms with van der Waals surface area (Å²) in [5.41, 5.74) is -1.36. The first-order valence-electron chi connectivity index (χ1n) is 8.94. The molecule has 0 amide bonds. The van der Waals surface area contributed by atoms with Gasteiger partial charge in [0.2, 0.25) is 0 Å². The quantitative estimate of drug-likeness (QED) is 0.263. The molecule has 9 heteroatoms. The van der Waals surface area contributed by atoms with E-state index < -0.39 is 21.4 Å². The second kappa shape index (κ2) is 5.91. The topological polar surface area (TPSA) is 57.5 Å². The minimum atomic E-state index is -5.76. The molecule has 2 heterocycles. The molecular weight excluding hydrogens is 419 g/mol. The normalized spacial score (nSPS) is 13.4. The van der Waals surface area contributed by atoms with Crippen LogP contribution < -0.4 is 8.92 Å². The number of benzene rings is 3. The van der Waals surface area contributed by atoms with Crippen LogP contribution in [0.4, 0.5) is 13.2 Å². The second-order valence-electron chi connectivity index (χ2n) is 7.23. The van der Waals surface area contributed by atoms with Gasteiger partial charge in [-0.2, -0.15) is 21.6 Å². The van der Waals surface area contributed by atoms with Gasteiger partial charge < -0.3 is 13.5 Å². The molecule has 0 saturated carbocycles. The lowest BCUT2D eigenvalue weighted by molar-refractivity contribution is -0.0500. The molecule has 0 spiro atoms. The van der Waals surface area contributed by atoms with Crippen molar-refractivity contribution in [2.75, 3.05) is 0 Å². The molecule has 5 rings (SSSR count). The molecule has 1 aliphatic rings. The monoisotopic (exact) mass is 433 g/mol. The van der Waals surface area contributed by atoms with Crippen LogP contribution in [0, 0.1) is 13.8 Å². The molecule has 3 aromatic carbocycles. The largest absolute Gasteiger partial charge is 0.534 e. The van der Waals surface area contributed by atoms with Crippen molar-refractivity contribution < 1.29 is 30.5 Å². The van der Waals surface area contributed by atoms with E-state index in [4.69, 9.17) is 4.74 Å². The van der Waals surface area contributed by atoms with Crippen LogP contribution in [-0.4, -0.2) is 18.5 Å². The average molecular weight is 433 g/mol. The lowest BCUT2D eigenvalue weighted by atomic mass is 10.1. The number of rotatable bonds is 2. The van der Waals surface area contributed by atoms with E-state index in [1.165, 1.54) is 12.1 Å². The highest BCUT2D eigenvalue weighted by Gasteiger charge is 2.48. The van der Waals surface area contributed by atoms with Crippen molar-refractivity contribution in [1.29, 1.82) is 0 Å². The maximum absolute atomic E-state index is 12.7. The number of halogens is 3. The van der Waals surface area contributed by atoms with Crippen LogP contribution >= 0.6 is 0 Å². The van der Waals surface area contributed by atoms with Gasteiger partial charge in [0.25, 0.3) is 0 Å². The highest BCUT2D eigenvalue weighted by atomic mass is 32.2. The van der Waals surface area contributed by atoms with Crippen molar-refractivity contribution in [1.82, 2.24) is 4.57 Å². The SMILES string of the molecule is Cc1ccc2c(c1)Oc1cc(C)cc3c4cc(OS(=O)(=O)C(F)(F)F)ccc4n-2c13. The summed E-state index contributed by atoms with van der Waals surface area (Å²) in [6.07, 6.45) is 0. The van der Waals surface area contributed by atoms with E-state index in [9.17, 15) is 21.6 Å². The van der Waals surface area contributed by atoms with Crippen molar-refractivity contribution in [3.8, 4) is 22.9 Å². The Bertz CT molecular complexity index is 1470. The van der Waals surface area contributed by atoms with E-state index in [0.29, 0.717) is 22.4 Å². The van der Waals surface area contributed by atoms with E-state index in [-0.39, 0.29) is 0 Å². The molecular formula is C21H14F3NO4S. The summed E-state index contributed by atoms with van der Waals surface area (Å²) in [5.74, 6) is 0.864. The molecule has 30 heavy (non-hydrogen) atoms. The number of hydrogen-bond donors (Lipinski definition) is 0. The summed E-state index contributed by atoms with van der Waals surface area (Å²) in [5, 5.41) is 1.28. The maximum Gasteiger partial charge on any atom is 0.534 e. The summed E-state index contributed by atoms with van der Waals surface area (Å²) in [7, 11) is -5.76. The molecule has 0 atom stereocenters. The molecule has 0 radical (unpaired) electrons. The van der Waals surface area contributed by atoms with Gasteiger partial charge in [-0.25, -0.2) is 0 Å². The van der Waals surface area contributed by atoms with E-state index >= 15 is 0 Å². The molecule has 0 saturated heterocycles. The Hall–Kier alpha value is -3.20. The van der Waals surface area contributed by atoms with Gasteiger partial charge in [0, 0.05) is 10.8 Å². The molecule has 0 bridgehead atoms. The van der Waals surface area contributed by atoms with Crippen molar-refractivity contribution in [2.45, 2.75) is 19.4 Å². The Morgan fingerprint density at radius 2 is 1.63 bits per heavy atom. The van der Waals surface area contributed by atoms with Crippen LogP contribution in [0.5, 0.6) is 17.2 Å². The van der Waals surface area contributed by atoms with E-state index in [1.807, 2.05) is 48.7 Å². The Balaban J connectivity index is 1.80. The molecule has 154 valence electrons. The summed E-state index contributed by atoms with van der Waals surface area (Å²) < 4.78 is 73.4. The molecule has 4 aromatic rings. The fraction of sp³-hybridized carbons (Fsp3) is 0.143. The Morgan fingerprint density at radius 1 is 0.900 bits per heavy atom. The maximum atomic E-state index is 12.7. The highest BCUT2D eigenvalue weighted by molar-refractivity contribution is 7.88. The first-order chi connectivity index (χ1) is 14.0. The van der Waals surface area contributed by atoms with Crippen LogP contribution in [0.25, 0.3) is 27.5 Å². The molecule has 0 aliphatic carbocycles. The van der Waals surface area contributed by atoms with Crippen LogP contribution in [-0.2, 0) is 10.1 Å². The Labute approximate surface area is 169 Å². The predicted octanol–water partition coefficient (Wildman–Crippen LogP) is 5.73. The van der Waals surface area contributed by atoms with Crippen molar-refractivity contribution in [2.24, 2.45) is 0 Å². The van der Waals surface area contributed by atoms with Crippen molar-refractivity contribution >= 4 is 31.9 Å². The Kier molecular flexibility index (Phi) is 3.71. The van der Waals surface area contributed by atoms with Gasteiger partial charge in [0.15, 0.2) is 11.5 Å². The third-order valence-electron chi connectivity index (χ3n) is 5.01. The van der Waals surface area contributed by atoms with Gasteiger partial charge in [0.1, 0.15) is 5.75 Å². The summed E-state index contributed by atoms with van der Waals surface area (Å²) in [6.45, 7) is 3.83. The first kappa shape index (κ1) is 18.8. The third-order valence-corrected chi connectivity index (χ3v) is 5.99. The fourth-order valence-electron chi connectivity index (χ4n) is 3.79. The smallest absolute Gasteiger partial charge is 0.453 e. The molecule has 5 nitrogen and oxygen atoms in total. The van der Waals surface area contributed by atoms with Crippen LogP contribution in [0.15, 0.2) is 48.5 Å².